The number of unbranched alkanes of at least 4 members (excludes halogenated alkanes) is 1. The molecule has 0 aromatic heterocycles. The van der Waals surface area contributed by atoms with E-state index in [4.69, 9.17) is 9.47 Å². The number of hydrogen-bond acceptors (Lipinski definition) is 5. The van der Waals surface area contributed by atoms with Crippen LogP contribution in [-0.4, -0.2) is 109 Å². The van der Waals surface area contributed by atoms with Crippen molar-refractivity contribution in [1.29, 1.82) is 0 Å². The monoisotopic (exact) mass is 345 g/mol. The molecule has 0 amide bonds. The van der Waals surface area contributed by atoms with Gasteiger partial charge in [-0.05, 0) is 59.2 Å². The zero-order chi connectivity index (χ0) is 15.5. The molecular formula is C16H29NNa2O4. The third-order valence-corrected chi connectivity index (χ3v) is 3.81. The van der Waals surface area contributed by atoms with Crippen molar-refractivity contribution in [1.82, 2.24) is 4.90 Å². The summed E-state index contributed by atoms with van der Waals surface area (Å²) in [5, 5.41) is 0. The van der Waals surface area contributed by atoms with Crippen LogP contribution in [0.4, 0.5) is 0 Å². The molecule has 1 saturated heterocycles. The van der Waals surface area contributed by atoms with Crippen molar-refractivity contribution >= 4 is 71.1 Å². The molecule has 0 spiro atoms. The van der Waals surface area contributed by atoms with Crippen LogP contribution in [0.5, 0.6) is 0 Å². The normalized spacial score (nSPS) is 14.6. The van der Waals surface area contributed by atoms with Crippen LogP contribution in [0.15, 0.2) is 0 Å². The second-order valence-electron chi connectivity index (χ2n) is 5.45. The SMILES string of the molecule is CCOC(=O)C(CCCCN1CCCCC1)C(=O)OCC.[Na].[Na]. The fourth-order valence-corrected chi connectivity index (χ4v) is 2.68. The Bertz CT molecular complexity index is 305. The molecule has 0 N–H and O–H groups in total. The van der Waals surface area contributed by atoms with Gasteiger partial charge in [-0.25, -0.2) is 0 Å². The number of hydrogen-bond donors (Lipinski definition) is 0. The van der Waals surface area contributed by atoms with Crippen molar-refractivity contribution in [2.45, 2.75) is 52.4 Å². The van der Waals surface area contributed by atoms with Crippen LogP contribution < -0.4 is 0 Å². The molecule has 0 aromatic carbocycles. The number of carbonyl (C=O) groups is 2. The molecule has 0 atom stereocenters. The molecule has 1 aliphatic rings. The maximum absolute atomic E-state index is 11.8. The minimum absolute atomic E-state index is 0. The molecule has 5 nitrogen and oxygen atoms in total. The number of carbonyl (C=O) groups excluding carboxylic acids is 2. The Hall–Kier alpha value is 0.900. The topological polar surface area (TPSA) is 55.8 Å². The smallest absolute Gasteiger partial charge is 0.320 e. The minimum Gasteiger partial charge on any atom is -0.465 e. The Labute approximate surface area is 184 Å². The molecule has 2 radical (unpaired) electrons. The average molecular weight is 345 g/mol. The summed E-state index contributed by atoms with van der Waals surface area (Å²) in [6.07, 6.45) is 6.28. The van der Waals surface area contributed by atoms with E-state index in [1.807, 2.05) is 0 Å². The van der Waals surface area contributed by atoms with Gasteiger partial charge in [-0.2, -0.15) is 0 Å². The Kier molecular flexibility index (Phi) is 18.6. The molecule has 124 valence electrons. The molecule has 0 aromatic rings. The summed E-state index contributed by atoms with van der Waals surface area (Å²) in [5.41, 5.74) is 0. The number of esters is 2. The molecule has 7 heteroatoms. The third kappa shape index (κ3) is 11.2. The van der Waals surface area contributed by atoms with E-state index in [0.29, 0.717) is 19.6 Å². The first kappa shape index (κ1) is 26.1. The quantitative estimate of drug-likeness (QED) is 0.275. The van der Waals surface area contributed by atoms with E-state index in [-0.39, 0.29) is 59.1 Å². The first-order valence-electron chi connectivity index (χ1n) is 8.24. The van der Waals surface area contributed by atoms with Crippen molar-refractivity contribution < 1.29 is 19.1 Å². The van der Waals surface area contributed by atoms with Gasteiger partial charge in [0.2, 0.25) is 0 Å². The molecule has 23 heavy (non-hydrogen) atoms. The Balaban J connectivity index is 0. The van der Waals surface area contributed by atoms with E-state index >= 15 is 0 Å². The molecule has 1 fully saturated rings. The summed E-state index contributed by atoms with van der Waals surface area (Å²) in [6.45, 7) is 7.49. The molecule has 0 aliphatic carbocycles. The summed E-state index contributed by atoms with van der Waals surface area (Å²) in [6, 6.07) is 0. The van der Waals surface area contributed by atoms with E-state index < -0.39 is 17.9 Å². The van der Waals surface area contributed by atoms with Crippen LogP contribution in [0.1, 0.15) is 52.4 Å². The third-order valence-electron chi connectivity index (χ3n) is 3.81. The zero-order valence-electron chi connectivity index (χ0n) is 15.4. The van der Waals surface area contributed by atoms with Crippen LogP contribution in [0.2, 0.25) is 0 Å². The van der Waals surface area contributed by atoms with E-state index in [0.717, 1.165) is 19.4 Å². The molecule has 0 bridgehead atoms. The molecule has 1 rings (SSSR count). The Morgan fingerprint density at radius 1 is 0.913 bits per heavy atom. The summed E-state index contributed by atoms with van der Waals surface area (Å²) in [4.78, 5) is 26.1. The Morgan fingerprint density at radius 3 is 1.91 bits per heavy atom. The number of nitrogens with zero attached hydrogens (tertiary/aromatic N) is 1. The fraction of sp³-hybridized carbons (Fsp3) is 0.875. The van der Waals surface area contributed by atoms with Gasteiger partial charge >= 0.3 is 11.9 Å². The largest absolute Gasteiger partial charge is 0.465 e. The molecule has 1 heterocycles. The van der Waals surface area contributed by atoms with E-state index in [1.165, 1.54) is 32.4 Å². The van der Waals surface area contributed by atoms with Gasteiger partial charge in [0, 0.05) is 59.1 Å². The zero-order valence-corrected chi connectivity index (χ0v) is 19.4. The van der Waals surface area contributed by atoms with Crippen molar-refractivity contribution in [2.75, 3.05) is 32.8 Å². The van der Waals surface area contributed by atoms with Crippen LogP contribution in [0.25, 0.3) is 0 Å². The molecular weight excluding hydrogens is 316 g/mol. The minimum atomic E-state index is -0.758. The maximum atomic E-state index is 11.8. The second kappa shape index (κ2) is 16.4. The first-order chi connectivity index (χ1) is 10.2. The number of ether oxygens (including phenoxy) is 2. The summed E-state index contributed by atoms with van der Waals surface area (Å²) in [5.74, 6) is -1.66. The Morgan fingerprint density at radius 2 is 1.43 bits per heavy atom. The van der Waals surface area contributed by atoms with Gasteiger partial charge < -0.3 is 14.4 Å². The van der Waals surface area contributed by atoms with Gasteiger partial charge in [-0.15, -0.1) is 0 Å². The van der Waals surface area contributed by atoms with Crippen LogP contribution in [-0.2, 0) is 19.1 Å². The fourth-order valence-electron chi connectivity index (χ4n) is 2.68. The molecule has 0 saturated carbocycles. The van der Waals surface area contributed by atoms with Gasteiger partial charge in [0.05, 0.1) is 13.2 Å². The predicted octanol–water partition coefficient (Wildman–Crippen LogP) is 1.62. The van der Waals surface area contributed by atoms with Gasteiger partial charge in [0.1, 0.15) is 0 Å². The predicted molar refractivity (Wildman–Crippen MR) is 92.4 cm³/mol. The van der Waals surface area contributed by atoms with Gasteiger partial charge in [-0.3, -0.25) is 9.59 Å². The van der Waals surface area contributed by atoms with Gasteiger partial charge in [-0.1, -0.05) is 12.8 Å². The molecule has 1 aliphatic heterocycles. The van der Waals surface area contributed by atoms with Gasteiger partial charge in [0.15, 0.2) is 5.92 Å². The maximum Gasteiger partial charge on any atom is 0.320 e. The summed E-state index contributed by atoms with van der Waals surface area (Å²) < 4.78 is 9.94. The average Bonchev–Trinajstić information content (AvgIpc) is 2.48. The van der Waals surface area contributed by atoms with Crippen LogP contribution in [0, 0.1) is 5.92 Å². The van der Waals surface area contributed by atoms with Gasteiger partial charge in [0.25, 0.3) is 0 Å². The number of piperidine rings is 1. The number of rotatable bonds is 9. The van der Waals surface area contributed by atoms with E-state index in [2.05, 4.69) is 4.90 Å². The van der Waals surface area contributed by atoms with Crippen molar-refractivity contribution in [2.24, 2.45) is 5.92 Å². The number of likely N-dealkylation sites (tertiary alicyclic amines) is 1. The standard InChI is InChI=1S/C16H29NO4.2Na/c1-3-20-15(18)14(16(19)21-4-2)10-6-9-13-17-11-7-5-8-12-17;;/h14H,3-13H2,1-2H3;;. The van der Waals surface area contributed by atoms with Crippen LogP contribution in [0.3, 0.4) is 0 Å². The van der Waals surface area contributed by atoms with Crippen molar-refractivity contribution in [3.63, 3.8) is 0 Å². The van der Waals surface area contributed by atoms with E-state index in [1.54, 1.807) is 13.8 Å². The first-order valence-corrected chi connectivity index (χ1v) is 8.24. The summed E-state index contributed by atoms with van der Waals surface area (Å²) >= 11 is 0. The molecule has 0 unspecified atom stereocenters. The van der Waals surface area contributed by atoms with Crippen molar-refractivity contribution in [3.8, 4) is 0 Å². The second-order valence-corrected chi connectivity index (χ2v) is 5.45. The van der Waals surface area contributed by atoms with Crippen LogP contribution >= 0.6 is 0 Å². The van der Waals surface area contributed by atoms with Crippen molar-refractivity contribution in [3.05, 3.63) is 0 Å². The van der Waals surface area contributed by atoms with E-state index in [9.17, 15) is 9.59 Å². The summed E-state index contributed by atoms with van der Waals surface area (Å²) in [7, 11) is 0.